The van der Waals surface area contributed by atoms with Gasteiger partial charge in [-0.15, -0.1) is 0 Å². The highest BCUT2D eigenvalue weighted by Gasteiger charge is 2.66. The van der Waals surface area contributed by atoms with Gasteiger partial charge in [0.15, 0.2) is 0 Å². The van der Waals surface area contributed by atoms with Crippen molar-refractivity contribution in [2.24, 2.45) is 11.3 Å². The third kappa shape index (κ3) is 2.65. The Balaban J connectivity index is 1.25. The lowest BCUT2D eigenvalue weighted by atomic mass is 9.46. The molecular formula is C18H24FNO3. The summed E-state index contributed by atoms with van der Waals surface area (Å²) in [6.45, 7) is 1.62. The molecule has 2 N–H and O–H groups in total. The third-order valence-electron chi connectivity index (χ3n) is 5.87. The fourth-order valence-corrected chi connectivity index (χ4v) is 4.60. The number of aliphatic hydroxyl groups excluding tert-OH is 1. The maximum atomic E-state index is 12.8. The minimum absolute atomic E-state index is 0.211. The highest BCUT2D eigenvalue weighted by Crippen LogP contribution is 2.62. The van der Waals surface area contributed by atoms with Gasteiger partial charge in [-0.2, -0.15) is 0 Å². The van der Waals surface area contributed by atoms with E-state index in [2.05, 4.69) is 5.32 Å². The summed E-state index contributed by atoms with van der Waals surface area (Å²) in [5, 5.41) is 13.7. The lowest BCUT2D eigenvalue weighted by Gasteiger charge is -2.63. The largest absolute Gasteiger partial charge is 0.491 e. The number of nitrogens with one attached hydrogen (secondary N) is 1. The van der Waals surface area contributed by atoms with Gasteiger partial charge < -0.3 is 19.9 Å². The van der Waals surface area contributed by atoms with Crippen LogP contribution in [0.1, 0.15) is 25.7 Å². The molecule has 0 radical (unpaired) electrons. The smallest absolute Gasteiger partial charge is 0.123 e. The van der Waals surface area contributed by atoms with Crippen LogP contribution in [-0.4, -0.2) is 43.1 Å². The van der Waals surface area contributed by atoms with Gasteiger partial charge in [0.25, 0.3) is 0 Å². The van der Waals surface area contributed by atoms with Gasteiger partial charge in [0.1, 0.15) is 24.3 Å². The minimum Gasteiger partial charge on any atom is -0.491 e. The van der Waals surface area contributed by atoms with Gasteiger partial charge in [-0.3, -0.25) is 0 Å². The second kappa shape index (κ2) is 6.04. The Morgan fingerprint density at radius 2 is 2.13 bits per heavy atom. The van der Waals surface area contributed by atoms with Crippen molar-refractivity contribution in [3.8, 4) is 5.75 Å². The standard InChI is InChI=1S/C18H24FNO3/c19-12-2-4-14(5-3-12)23-11-13(21)10-20-16-15-6-9-22-17(15)18(16)7-1-8-18/h2-5,13,15-17,20-21H,1,6-11H2. The van der Waals surface area contributed by atoms with Gasteiger partial charge in [0, 0.05) is 30.5 Å². The van der Waals surface area contributed by atoms with E-state index >= 15 is 0 Å². The summed E-state index contributed by atoms with van der Waals surface area (Å²) in [6, 6.07) is 6.34. The van der Waals surface area contributed by atoms with E-state index in [0.717, 1.165) is 13.0 Å². The number of halogens is 1. The van der Waals surface area contributed by atoms with Crippen molar-refractivity contribution in [1.29, 1.82) is 0 Å². The fraction of sp³-hybridized carbons (Fsp3) is 0.667. The van der Waals surface area contributed by atoms with E-state index in [0.29, 0.717) is 35.8 Å². The average Bonchev–Trinajstić information content (AvgIpc) is 2.90. The SMILES string of the molecule is OC(CNC1C2CCOC2C12CCC2)COc1ccc(F)cc1. The summed E-state index contributed by atoms with van der Waals surface area (Å²) >= 11 is 0. The predicted octanol–water partition coefficient (Wildman–Crippen LogP) is 2.11. The van der Waals surface area contributed by atoms with Crippen LogP contribution in [0, 0.1) is 17.2 Å². The summed E-state index contributed by atoms with van der Waals surface area (Å²) in [6.07, 6.45) is 4.79. The van der Waals surface area contributed by atoms with Crippen molar-refractivity contribution >= 4 is 0 Å². The molecule has 5 heteroatoms. The van der Waals surface area contributed by atoms with Gasteiger partial charge in [-0.25, -0.2) is 4.39 Å². The second-order valence-electron chi connectivity index (χ2n) is 7.14. The van der Waals surface area contributed by atoms with Crippen LogP contribution in [0.4, 0.5) is 4.39 Å². The van der Waals surface area contributed by atoms with Gasteiger partial charge in [0.2, 0.25) is 0 Å². The van der Waals surface area contributed by atoms with Crippen LogP contribution in [0.3, 0.4) is 0 Å². The highest BCUT2D eigenvalue weighted by molar-refractivity contribution is 5.22. The fourth-order valence-electron chi connectivity index (χ4n) is 4.60. The zero-order valence-electron chi connectivity index (χ0n) is 13.2. The van der Waals surface area contributed by atoms with Gasteiger partial charge >= 0.3 is 0 Å². The molecule has 4 nitrogen and oxygen atoms in total. The summed E-state index contributed by atoms with van der Waals surface area (Å²) in [7, 11) is 0. The normalized spacial score (nSPS) is 32.0. The van der Waals surface area contributed by atoms with Crippen LogP contribution >= 0.6 is 0 Å². The first-order valence-corrected chi connectivity index (χ1v) is 8.60. The molecule has 1 saturated heterocycles. The van der Waals surface area contributed by atoms with Gasteiger partial charge in [-0.05, 0) is 43.5 Å². The van der Waals surface area contributed by atoms with Crippen LogP contribution in [0.25, 0.3) is 0 Å². The average molecular weight is 321 g/mol. The van der Waals surface area contributed by atoms with Crippen molar-refractivity contribution in [1.82, 2.24) is 5.32 Å². The Kier molecular flexibility index (Phi) is 4.03. The summed E-state index contributed by atoms with van der Waals surface area (Å²) in [4.78, 5) is 0. The van der Waals surface area contributed by atoms with Crippen LogP contribution in [0.15, 0.2) is 24.3 Å². The summed E-state index contributed by atoms with van der Waals surface area (Å²) < 4.78 is 24.2. The molecule has 1 aliphatic heterocycles. The minimum atomic E-state index is -0.571. The zero-order valence-corrected chi connectivity index (χ0v) is 13.2. The Morgan fingerprint density at radius 3 is 2.83 bits per heavy atom. The Hall–Kier alpha value is -1.17. The summed E-state index contributed by atoms with van der Waals surface area (Å²) in [5.74, 6) is 0.901. The van der Waals surface area contributed by atoms with Crippen molar-refractivity contribution in [3.63, 3.8) is 0 Å². The molecule has 4 atom stereocenters. The molecule has 3 aliphatic rings. The molecule has 4 rings (SSSR count). The maximum absolute atomic E-state index is 12.8. The predicted molar refractivity (Wildman–Crippen MR) is 83.8 cm³/mol. The second-order valence-corrected chi connectivity index (χ2v) is 7.14. The lowest BCUT2D eigenvalue weighted by Crippen LogP contribution is -2.71. The van der Waals surface area contributed by atoms with E-state index in [9.17, 15) is 9.50 Å². The lowest BCUT2D eigenvalue weighted by molar-refractivity contribution is -0.177. The number of fused-ring (bicyclic) bond motifs is 2. The molecule has 1 aromatic carbocycles. The molecule has 1 heterocycles. The van der Waals surface area contributed by atoms with Crippen LogP contribution < -0.4 is 10.1 Å². The number of ether oxygens (including phenoxy) is 2. The van der Waals surface area contributed by atoms with Crippen molar-refractivity contribution in [2.75, 3.05) is 19.8 Å². The third-order valence-corrected chi connectivity index (χ3v) is 5.87. The van der Waals surface area contributed by atoms with Gasteiger partial charge in [0.05, 0.1) is 6.10 Å². The summed E-state index contributed by atoms with van der Waals surface area (Å²) in [5.41, 5.74) is 0.332. The van der Waals surface area contributed by atoms with Gasteiger partial charge in [-0.1, -0.05) is 6.42 Å². The molecule has 4 unspecified atom stereocenters. The molecule has 0 amide bonds. The van der Waals surface area contributed by atoms with E-state index in [4.69, 9.17) is 9.47 Å². The van der Waals surface area contributed by atoms with E-state index in [1.165, 1.54) is 31.4 Å². The van der Waals surface area contributed by atoms with E-state index in [-0.39, 0.29) is 12.4 Å². The molecule has 1 aromatic rings. The maximum Gasteiger partial charge on any atom is 0.123 e. The molecule has 0 bridgehead atoms. The van der Waals surface area contributed by atoms with Crippen molar-refractivity contribution < 1.29 is 19.0 Å². The van der Waals surface area contributed by atoms with E-state index in [1.807, 2.05) is 0 Å². The molecule has 23 heavy (non-hydrogen) atoms. The van der Waals surface area contributed by atoms with Crippen molar-refractivity contribution in [2.45, 2.75) is 43.9 Å². The monoisotopic (exact) mass is 321 g/mol. The molecule has 2 saturated carbocycles. The Morgan fingerprint density at radius 1 is 1.35 bits per heavy atom. The van der Waals surface area contributed by atoms with E-state index < -0.39 is 6.10 Å². The molecular weight excluding hydrogens is 297 g/mol. The Labute approximate surface area is 136 Å². The number of aliphatic hydroxyl groups is 1. The quantitative estimate of drug-likeness (QED) is 0.843. The first-order valence-electron chi connectivity index (χ1n) is 8.60. The number of benzene rings is 1. The molecule has 1 spiro atoms. The number of rotatable bonds is 6. The topological polar surface area (TPSA) is 50.7 Å². The van der Waals surface area contributed by atoms with Crippen LogP contribution in [-0.2, 0) is 4.74 Å². The molecule has 3 fully saturated rings. The van der Waals surface area contributed by atoms with Crippen LogP contribution in [0.5, 0.6) is 5.75 Å². The highest BCUT2D eigenvalue weighted by atomic mass is 19.1. The first-order chi connectivity index (χ1) is 11.2. The van der Waals surface area contributed by atoms with Crippen molar-refractivity contribution in [3.05, 3.63) is 30.1 Å². The Bertz CT molecular complexity index is 546. The zero-order chi connectivity index (χ0) is 15.9. The molecule has 126 valence electrons. The molecule has 2 aliphatic carbocycles. The first kappa shape index (κ1) is 15.4. The number of hydrogen-bond donors (Lipinski definition) is 2. The molecule has 0 aromatic heterocycles. The van der Waals surface area contributed by atoms with Crippen LogP contribution in [0.2, 0.25) is 0 Å². The van der Waals surface area contributed by atoms with E-state index in [1.54, 1.807) is 12.1 Å². The number of hydrogen-bond acceptors (Lipinski definition) is 4.